The van der Waals surface area contributed by atoms with Crippen molar-refractivity contribution in [2.45, 2.75) is 37.1 Å². The van der Waals surface area contributed by atoms with Crippen LogP contribution in [0.5, 0.6) is 5.75 Å². The third-order valence-electron chi connectivity index (χ3n) is 4.78. The lowest BCUT2D eigenvalue weighted by Gasteiger charge is -2.46. The number of methoxy groups -OCH3 is 1. The van der Waals surface area contributed by atoms with E-state index in [1.807, 2.05) is 0 Å². The smallest absolute Gasteiger partial charge is 0.290 e. The van der Waals surface area contributed by atoms with E-state index in [-0.39, 0.29) is 19.0 Å². The number of pyridine rings is 1. The van der Waals surface area contributed by atoms with Crippen LogP contribution in [-0.4, -0.2) is 82.2 Å². The molecule has 26 heavy (non-hydrogen) atoms. The lowest BCUT2D eigenvalue weighted by Crippen LogP contribution is -2.55. The second-order valence-corrected chi connectivity index (χ2v) is 6.31. The van der Waals surface area contributed by atoms with Gasteiger partial charge in [0.25, 0.3) is 12.4 Å². The van der Waals surface area contributed by atoms with Crippen molar-refractivity contribution < 1.29 is 34.4 Å². The maximum atomic E-state index is 12.7. The minimum atomic E-state index is -0.818. The third-order valence-corrected chi connectivity index (χ3v) is 4.78. The molecule has 9 nitrogen and oxygen atoms in total. The van der Waals surface area contributed by atoms with E-state index in [0.29, 0.717) is 43.7 Å². The lowest BCUT2D eigenvalue weighted by molar-refractivity contribution is -0.185. The zero-order chi connectivity index (χ0) is 19.2. The van der Waals surface area contributed by atoms with E-state index in [0.717, 1.165) is 0 Å². The number of piperidine rings is 1. The van der Waals surface area contributed by atoms with Crippen LogP contribution in [0.3, 0.4) is 0 Å². The largest absolute Gasteiger partial charge is 0.494 e. The van der Waals surface area contributed by atoms with Gasteiger partial charge in [0, 0.05) is 25.7 Å². The molecule has 1 amide bonds. The molecular formula is C17H24N2O7. The Morgan fingerprint density at radius 2 is 2.04 bits per heavy atom. The van der Waals surface area contributed by atoms with Crippen LogP contribution in [-0.2, 0) is 9.53 Å². The molecular weight excluding hydrogens is 344 g/mol. The van der Waals surface area contributed by atoms with Crippen molar-refractivity contribution in [1.29, 1.82) is 0 Å². The van der Waals surface area contributed by atoms with E-state index in [1.54, 1.807) is 17.2 Å². The molecule has 0 unspecified atom stereocenters. The van der Waals surface area contributed by atoms with Crippen LogP contribution in [0.15, 0.2) is 18.5 Å². The van der Waals surface area contributed by atoms with Crippen molar-refractivity contribution in [3.8, 4) is 5.75 Å². The van der Waals surface area contributed by atoms with Gasteiger partial charge in [0.15, 0.2) is 0 Å². The molecule has 0 radical (unpaired) electrons. The van der Waals surface area contributed by atoms with E-state index >= 15 is 0 Å². The summed E-state index contributed by atoms with van der Waals surface area (Å²) in [6, 6.07) is 1.66. The van der Waals surface area contributed by atoms with Gasteiger partial charge in [0.1, 0.15) is 11.9 Å². The first-order chi connectivity index (χ1) is 12.5. The molecule has 9 heteroatoms. The number of hydrogen-bond donors (Lipinski definition) is 3. The fourth-order valence-electron chi connectivity index (χ4n) is 3.30. The Morgan fingerprint density at radius 3 is 2.62 bits per heavy atom. The number of nitrogens with zero attached hydrogens (tertiary/aromatic N) is 2. The van der Waals surface area contributed by atoms with Gasteiger partial charge in [0.2, 0.25) is 0 Å². The summed E-state index contributed by atoms with van der Waals surface area (Å²) in [6.07, 6.45) is 3.23. The molecule has 2 aliphatic rings. The van der Waals surface area contributed by atoms with Crippen LogP contribution in [0.4, 0.5) is 0 Å². The van der Waals surface area contributed by atoms with E-state index in [1.165, 1.54) is 13.3 Å². The maximum absolute atomic E-state index is 12.7. The Kier molecular flexibility index (Phi) is 6.90. The number of carboxylic acid groups (broad SMARTS) is 1. The van der Waals surface area contributed by atoms with Gasteiger partial charge in [-0.15, -0.1) is 0 Å². The first kappa shape index (κ1) is 20.1. The number of ether oxygens (including phenoxy) is 2. The number of likely N-dealkylation sites (tertiary alicyclic amines) is 1. The number of aliphatic hydroxyl groups is 2. The highest BCUT2D eigenvalue weighted by Crippen LogP contribution is 2.35. The van der Waals surface area contributed by atoms with Crippen molar-refractivity contribution in [2.75, 3.05) is 26.8 Å². The number of aliphatic hydroxyl groups excluding tert-OH is 2. The number of aromatic nitrogens is 1. The van der Waals surface area contributed by atoms with Gasteiger partial charge in [-0.1, -0.05) is 0 Å². The SMILES string of the molecule is COc1cnccc1C(=O)N1CCC2(CC1)C[C@@H](O)[C@@H](O)CO2.O=CO. The summed E-state index contributed by atoms with van der Waals surface area (Å²) in [4.78, 5) is 26.7. The molecule has 2 atom stereocenters. The van der Waals surface area contributed by atoms with Crippen LogP contribution in [0.1, 0.15) is 29.6 Å². The molecule has 144 valence electrons. The summed E-state index contributed by atoms with van der Waals surface area (Å²) in [5, 5.41) is 26.4. The number of rotatable bonds is 2. The summed E-state index contributed by atoms with van der Waals surface area (Å²) in [6.45, 7) is 0.994. The third kappa shape index (κ3) is 4.48. The van der Waals surface area contributed by atoms with Crippen molar-refractivity contribution in [2.24, 2.45) is 0 Å². The predicted molar refractivity (Wildman–Crippen MR) is 89.9 cm³/mol. The highest BCUT2D eigenvalue weighted by Gasteiger charge is 2.43. The van der Waals surface area contributed by atoms with Crippen molar-refractivity contribution >= 4 is 12.4 Å². The number of carbonyl (C=O) groups is 2. The standard InChI is InChI=1S/C16H22N2O5.CH2O2/c1-22-14-9-17-5-2-11(14)15(21)18-6-3-16(4-7-18)8-12(19)13(20)10-23-16;2-1-3/h2,5,9,12-13,19-20H,3-4,6-8,10H2,1H3;1H,(H,2,3)/t12-,13+;/m1./s1. The number of hydrogen-bond acceptors (Lipinski definition) is 7. The Morgan fingerprint density at radius 1 is 1.38 bits per heavy atom. The molecule has 0 aliphatic carbocycles. The van der Waals surface area contributed by atoms with Crippen LogP contribution < -0.4 is 4.74 Å². The molecule has 2 aliphatic heterocycles. The second-order valence-electron chi connectivity index (χ2n) is 6.31. The molecule has 3 heterocycles. The Hall–Kier alpha value is -2.23. The van der Waals surface area contributed by atoms with E-state index < -0.39 is 17.8 Å². The minimum Gasteiger partial charge on any atom is -0.494 e. The zero-order valence-electron chi connectivity index (χ0n) is 14.6. The van der Waals surface area contributed by atoms with Crippen LogP contribution in [0.25, 0.3) is 0 Å². The minimum absolute atomic E-state index is 0.0875. The van der Waals surface area contributed by atoms with Crippen LogP contribution in [0, 0.1) is 0 Å². The van der Waals surface area contributed by atoms with E-state index in [4.69, 9.17) is 19.4 Å². The molecule has 0 saturated carbocycles. The van der Waals surface area contributed by atoms with Crippen molar-refractivity contribution in [3.05, 3.63) is 24.0 Å². The Bertz CT molecular complexity index is 617. The lowest BCUT2D eigenvalue weighted by atomic mass is 9.82. The summed E-state index contributed by atoms with van der Waals surface area (Å²) in [5.41, 5.74) is 0.0658. The number of carbonyl (C=O) groups excluding carboxylic acids is 1. The molecule has 0 bridgehead atoms. The van der Waals surface area contributed by atoms with Gasteiger partial charge in [-0.05, 0) is 18.9 Å². The molecule has 0 aromatic carbocycles. The van der Waals surface area contributed by atoms with Gasteiger partial charge in [-0.25, -0.2) is 0 Å². The predicted octanol–water partition coefficient (Wildman–Crippen LogP) is -0.0921. The normalized spacial score (nSPS) is 24.3. The summed E-state index contributed by atoms with van der Waals surface area (Å²) < 4.78 is 11.0. The average molecular weight is 368 g/mol. The fraction of sp³-hybridized carbons (Fsp3) is 0.588. The van der Waals surface area contributed by atoms with Gasteiger partial charge < -0.3 is 29.7 Å². The summed E-state index contributed by atoms with van der Waals surface area (Å²) in [5.74, 6) is 0.376. The highest BCUT2D eigenvalue weighted by atomic mass is 16.5. The van der Waals surface area contributed by atoms with Gasteiger partial charge in [-0.2, -0.15) is 0 Å². The van der Waals surface area contributed by atoms with Crippen molar-refractivity contribution in [3.63, 3.8) is 0 Å². The summed E-state index contributed by atoms with van der Waals surface area (Å²) >= 11 is 0. The topological polar surface area (TPSA) is 129 Å². The van der Waals surface area contributed by atoms with Gasteiger partial charge >= 0.3 is 0 Å². The summed E-state index contributed by atoms with van der Waals surface area (Å²) in [7, 11) is 1.52. The molecule has 2 fully saturated rings. The molecule has 2 saturated heterocycles. The Labute approximate surface area is 151 Å². The molecule has 1 aromatic rings. The molecule has 1 spiro atoms. The van der Waals surface area contributed by atoms with Gasteiger partial charge in [0.05, 0.1) is 37.2 Å². The molecule has 3 rings (SSSR count). The maximum Gasteiger partial charge on any atom is 0.290 e. The van der Waals surface area contributed by atoms with E-state index in [9.17, 15) is 15.0 Å². The highest BCUT2D eigenvalue weighted by molar-refractivity contribution is 5.96. The molecule has 3 N–H and O–H groups in total. The first-order valence-electron chi connectivity index (χ1n) is 8.31. The van der Waals surface area contributed by atoms with Crippen molar-refractivity contribution in [1.82, 2.24) is 9.88 Å². The molecule has 1 aromatic heterocycles. The quantitative estimate of drug-likeness (QED) is 0.618. The fourth-order valence-corrected chi connectivity index (χ4v) is 3.30. The Balaban J connectivity index is 0.000000758. The second kappa shape index (κ2) is 8.93. The number of amides is 1. The zero-order valence-corrected chi connectivity index (χ0v) is 14.6. The van der Waals surface area contributed by atoms with Gasteiger partial charge in [-0.3, -0.25) is 14.6 Å². The van der Waals surface area contributed by atoms with Crippen LogP contribution >= 0.6 is 0 Å². The monoisotopic (exact) mass is 368 g/mol. The average Bonchev–Trinajstić information content (AvgIpc) is 2.66. The van der Waals surface area contributed by atoms with Crippen LogP contribution in [0.2, 0.25) is 0 Å². The first-order valence-corrected chi connectivity index (χ1v) is 8.31. The van der Waals surface area contributed by atoms with E-state index in [2.05, 4.69) is 4.98 Å².